The van der Waals surface area contributed by atoms with Crippen molar-refractivity contribution in [3.63, 3.8) is 0 Å². The van der Waals surface area contributed by atoms with E-state index in [0.717, 1.165) is 30.7 Å². The van der Waals surface area contributed by atoms with Crippen molar-refractivity contribution in [1.82, 2.24) is 0 Å². The third-order valence-corrected chi connectivity index (χ3v) is 6.44. The molecule has 5 heteroatoms. The van der Waals surface area contributed by atoms with Crippen molar-refractivity contribution >= 4 is 39.5 Å². The predicted molar refractivity (Wildman–Crippen MR) is 92.6 cm³/mol. The number of rotatable bonds is 4. The Bertz CT molecular complexity index is 799. The maximum absolute atomic E-state index is 12.7. The van der Waals surface area contributed by atoms with Crippen LogP contribution in [-0.4, -0.2) is 20.9 Å². The molecule has 24 heavy (non-hydrogen) atoms. The fraction of sp³-hybridized carbons (Fsp3) is 0.0526. The molecule has 0 amide bonds. The molecule has 0 fully saturated rings. The van der Waals surface area contributed by atoms with Crippen molar-refractivity contribution < 1.29 is 13.2 Å². The molecular formula is C19H14F3NTe. The maximum atomic E-state index is 12.7. The van der Waals surface area contributed by atoms with Gasteiger partial charge in [-0.1, -0.05) is 0 Å². The Morgan fingerprint density at radius 3 is 2.00 bits per heavy atom. The van der Waals surface area contributed by atoms with E-state index >= 15 is 0 Å². The molecule has 0 aliphatic rings. The van der Waals surface area contributed by atoms with E-state index < -0.39 is 32.7 Å². The fourth-order valence-corrected chi connectivity index (χ4v) is 4.75. The summed E-state index contributed by atoms with van der Waals surface area (Å²) in [4.78, 5) is 0. The molecule has 0 aliphatic carbocycles. The van der Waals surface area contributed by atoms with E-state index in [0.29, 0.717) is 0 Å². The summed E-state index contributed by atoms with van der Waals surface area (Å²) in [5, 5.41) is 3.38. The first kappa shape index (κ1) is 16.9. The summed E-state index contributed by atoms with van der Waals surface area (Å²) < 4.78 is 40.1. The minimum absolute atomic E-state index is 0.602. The first-order valence-electron chi connectivity index (χ1n) is 7.28. The Morgan fingerprint density at radius 2 is 1.33 bits per heavy atom. The molecule has 1 nitrogen and oxygen atoms in total. The van der Waals surface area contributed by atoms with E-state index in [-0.39, 0.29) is 0 Å². The second kappa shape index (κ2) is 7.29. The normalized spacial score (nSPS) is 11.3. The molecule has 3 aromatic rings. The van der Waals surface area contributed by atoms with Gasteiger partial charge in [-0.2, -0.15) is 0 Å². The van der Waals surface area contributed by atoms with Crippen molar-refractivity contribution in [3.05, 3.63) is 84.4 Å². The number of alkyl halides is 3. The number of halogens is 3. The molecule has 1 N–H and O–H groups in total. The van der Waals surface area contributed by atoms with Crippen LogP contribution in [0.15, 0.2) is 78.9 Å². The van der Waals surface area contributed by atoms with E-state index in [1.165, 1.54) is 0 Å². The molecule has 0 unspecified atom stereocenters. The molecule has 0 saturated heterocycles. The molecule has 0 radical (unpaired) electrons. The number of hydrogen-bond donors (Lipinski definition) is 1. The zero-order valence-corrected chi connectivity index (χ0v) is 14.9. The molecule has 0 spiro atoms. The zero-order valence-electron chi connectivity index (χ0n) is 12.5. The summed E-state index contributed by atoms with van der Waals surface area (Å²) in [5.41, 5.74) is 1.39. The van der Waals surface area contributed by atoms with Gasteiger partial charge < -0.3 is 0 Å². The van der Waals surface area contributed by atoms with Gasteiger partial charge in [0, 0.05) is 0 Å². The van der Waals surface area contributed by atoms with Gasteiger partial charge in [0.15, 0.2) is 0 Å². The van der Waals surface area contributed by atoms with Gasteiger partial charge >= 0.3 is 149 Å². The number of para-hydroxylation sites is 2. The number of benzene rings is 3. The number of nitrogens with one attached hydrogen (secondary N) is 1. The minimum atomic E-state index is -4.29. The van der Waals surface area contributed by atoms with Crippen LogP contribution in [0.5, 0.6) is 0 Å². The number of anilines is 2. The van der Waals surface area contributed by atoms with Crippen LogP contribution in [0.1, 0.15) is 5.56 Å². The monoisotopic (exact) mass is 443 g/mol. The van der Waals surface area contributed by atoms with Crippen LogP contribution in [0.2, 0.25) is 0 Å². The van der Waals surface area contributed by atoms with Crippen LogP contribution < -0.4 is 12.5 Å². The van der Waals surface area contributed by atoms with Crippen molar-refractivity contribution in [2.45, 2.75) is 6.18 Å². The second-order valence-corrected chi connectivity index (χ2v) is 8.29. The Morgan fingerprint density at radius 1 is 0.708 bits per heavy atom. The van der Waals surface area contributed by atoms with E-state index in [1.807, 2.05) is 54.6 Å². The van der Waals surface area contributed by atoms with E-state index in [1.54, 1.807) is 12.1 Å². The van der Waals surface area contributed by atoms with Gasteiger partial charge in [-0.3, -0.25) is 0 Å². The summed E-state index contributed by atoms with van der Waals surface area (Å²) in [6.07, 6.45) is -4.29. The molecule has 0 aliphatic heterocycles. The SMILES string of the molecule is FC(F)(F)c1ccc([Te]c2ccccc2Nc2ccccc2)cc1. The van der Waals surface area contributed by atoms with E-state index in [9.17, 15) is 13.2 Å². The molecule has 0 aromatic heterocycles. The van der Waals surface area contributed by atoms with Crippen LogP contribution in [0.4, 0.5) is 24.5 Å². The molecule has 0 heterocycles. The molecule has 3 rings (SSSR count). The Hall–Kier alpha value is -1.96. The average Bonchev–Trinajstić information content (AvgIpc) is 2.57. The van der Waals surface area contributed by atoms with Crippen LogP contribution in [0, 0.1) is 0 Å². The topological polar surface area (TPSA) is 12.0 Å². The molecule has 0 atom stereocenters. The molecule has 0 bridgehead atoms. The first-order valence-corrected chi connectivity index (χ1v) is 9.61. The van der Waals surface area contributed by atoms with Crippen molar-refractivity contribution in [2.75, 3.05) is 5.32 Å². The molecule has 3 aromatic carbocycles. The van der Waals surface area contributed by atoms with E-state index in [2.05, 4.69) is 5.32 Å². The fourth-order valence-electron chi connectivity index (χ4n) is 2.17. The Labute approximate surface area is 148 Å². The summed E-state index contributed by atoms with van der Waals surface area (Å²) in [6.45, 7) is 0. The summed E-state index contributed by atoms with van der Waals surface area (Å²) >= 11 is -0.777. The first-order chi connectivity index (χ1) is 11.5. The van der Waals surface area contributed by atoms with E-state index in [4.69, 9.17) is 0 Å². The Kier molecular flexibility index (Phi) is 5.13. The van der Waals surface area contributed by atoms with Gasteiger partial charge in [-0.15, -0.1) is 0 Å². The molecule has 122 valence electrons. The third kappa shape index (κ3) is 4.31. The van der Waals surface area contributed by atoms with Crippen LogP contribution in [0.3, 0.4) is 0 Å². The van der Waals surface area contributed by atoms with Crippen LogP contribution >= 0.6 is 0 Å². The van der Waals surface area contributed by atoms with Gasteiger partial charge in [0.25, 0.3) is 0 Å². The van der Waals surface area contributed by atoms with Crippen molar-refractivity contribution in [2.24, 2.45) is 0 Å². The summed E-state index contributed by atoms with van der Waals surface area (Å²) in [5.74, 6) is 0. The van der Waals surface area contributed by atoms with Gasteiger partial charge in [-0.05, 0) is 0 Å². The quantitative estimate of drug-likeness (QED) is 0.602. The Balaban J connectivity index is 1.80. The summed E-state index contributed by atoms with van der Waals surface area (Å²) in [7, 11) is 0. The van der Waals surface area contributed by atoms with Gasteiger partial charge in [0.1, 0.15) is 0 Å². The van der Waals surface area contributed by atoms with Crippen molar-refractivity contribution in [3.8, 4) is 0 Å². The van der Waals surface area contributed by atoms with Crippen LogP contribution in [-0.2, 0) is 6.18 Å². The zero-order chi connectivity index (χ0) is 17.0. The van der Waals surface area contributed by atoms with Gasteiger partial charge in [0.2, 0.25) is 0 Å². The predicted octanol–water partition coefficient (Wildman–Crippen LogP) is 4.10. The average molecular weight is 441 g/mol. The third-order valence-electron chi connectivity index (χ3n) is 3.35. The second-order valence-electron chi connectivity index (χ2n) is 5.11. The van der Waals surface area contributed by atoms with Gasteiger partial charge in [0.05, 0.1) is 0 Å². The molecular weight excluding hydrogens is 427 g/mol. The molecule has 0 saturated carbocycles. The van der Waals surface area contributed by atoms with Crippen LogP contribution in [0.25, 0.3) is 0 Å². The number of hydrogen-bond acceptors (Lipinski definition) is 1. The van der Waals surface area contributed by atoms with Gasteiger partial charge in [-0.25, -0.2) is 0 Å². The standard InChI is InChI=1S/C19H14F3NTe/c20-19(21,22)14-10-12-16(13-11-14)24-18-9-5-4-8-17(18)23-15-6-2-1-3-7-15/h1-13,23H. The summed E-state index contributed by atoms with van der Waals surface area (Å²) in [6, 6.07) is 23.3. The van der Waals surface area contributed by atoms with Crippen molar-refractivity contribution in [1.29, 1.82) is 0 Å².